The Morgan fingerprint density at radius 2 is 2.00 bits per heavy atom. The Labute approximate surface area is 164 Å². The zero-order chi connectivity index (χ0) is 20.2. The first-order chi connectivity index (χ1) is 12.9. The van der Waals surface area contributed by atoms with E-state index in [-0.39, 0.29) is 23.8 Å². The van der Waals surface area contributed by atoms with Gasteiger partial charge < -0.3 is 15.5 Å². The molecule has 0 aliphatic heterocycles. The van der Waals surface area contributed by atoms with Crippen LogP contribution in [0.1, 0.15) is 51.9 Å². The minimum atomic E-state index is -0.312. The van der Waals surface area contributed by atoms with E-state index < -0.39 is 0 Å². The smallest absolute Gasteiger partial charge is 0.324 e. The molecule has 1 rings (SSSR count). The van der Waals surface area contributed by atoms with Gasteiger partial charge in [0.15, 0.2) is 0 Å². The minimum Gasteiger partial charge on any atom is -0.338 e. The van der Waals surface area contributed by atoms with E-state index in [4.69, 9.17) is 0 Å². The van der Waals surface area contributed by atoms with Crippen molar-refractivity contribution < 1.29 is 14.4 Å². The van der Waals surface area contributed by atoms with Crippen LogP contribution in [0.5, 0.6) is 0 Å². The molecule has 0 saturated heterocycles. The van der Waals surface area contributed by atoms with Crippen LogP contribution in [-0.4, -0.2) is 74.8 Å². The third kappa shape index (κ3) is 8.84. The highest BCUT2D eigenvalue weighted by atomic mass is 16.2. The molecule has 0 bridgehead atoms. The van der Waals surface area contributed by atoms with Gasteiger partial charge >= 0.3 is 6.03 Å². The molecule has 7 nitrogen and oxygen atoms in total. The van der Waals surface area contributed by atoms with E-state index in [1.54, 1.807) is 0 Å². The van der Waals surface area contributed by atoms with E-state index in [9.17, 15) is 14.4 Å². The summed E-state index contributed by atoms with van der Waals surface area (Å²) in [6.45, 7) is 4.26. The zero-order valence-electron chi connectivity index (χ0n) is 17.6. The van der Waals surface area contributed by atoms with Crippen LogP contribution in [0.4, 0.5) is 4.79 Å². The molecular formula is C20H38N4O3. The van der Waals surface area contributed by atoms with Crippen molar-refractivity contribution in [2.75, 3.05) is 47.3 Å². The van der Waals surface area contributed by atoms with E-state index >= 15 is 0 Å². The van der Waals surface area contributed by atoms with Crippen molar-refractivity contribution >= 4 is 17.7 Å². The van der Waals surface area contributed by atoms with E-state index in [2.05, 4.69) is 15.5 Å². The van der Waals surface area contributed by atoms with Gasteiger partial charge in [0.2, 0.25) is 5.91 Å². The number of Topliss-reactive ketones (excluding diaryl/α,β-unsaturated/α-hetero) is 1. The second-order valence-electron chi connectivity index (χ2n) is 7.82. The molecular weight excluding hydrogens is 344 g/mol. The molecule has 0 aromatic heterocycles. The fourth-order valence-electron chi connectivity index (χ4n) is 3.70. The number of carbonyl (C=O) groups excluding carboxylic acids is 3. The van der Waals surface area contributed by atoms with Crippen LogP contribution in [0, 0.1) is 11.8 Å². The van der Waals surface area contributed by atoms with Gasteiger partial charge in [-0.1, -0.05) is 0 Å². The maximum atomic E-state index is 13.0. The second-order valence-corrected chi connectivity index (χ2v) is 7.82. The highest BCUT2D eigenvalue weighted by Gasteiger charge is 2.31. The fourth-order valence-corrected chi connectivity index (χ4v) is 3.70. The number of imide groups is 1. The molecule has 3 amide bonds. The number of amides is 3. The molecule has 1 aliphatic carbocycles. The maximum absolute atomic E-state index is 13.0. The molecule has 7 heteroatoms. The predicted molar refractivity (Wildman–Crippen MR) is 108 cm³/mol. The van der Waals surface area contributed by atoms with Crippen molar-refractivity contribution in [2.24, 2.45) is 11.8 Å². The molecule has 1 saturated carbocycles. The van der Waals surface area contributed by atoms with Gasteiger partial charge in [-0.2, -0.15) is 0 Å². The SMILES string of the molecule is CCN(C(=O)NCCCCN(C)C)C(=O)C(CNC)CC1CCCC(=O)C1. The number of nitrogens with one attached hydrogen (secondary N) is 2. The van der Waals surface area contributed by atoms with Gasteiger partial charge in [-0.05, 0) is 72.6 Å². The molecule has 1 fully saturated rings. The molecule has 156 valence electrons. The molecule has 2 unspecified atom stereocenters. The zero-order valence-corrected chi connectivity index (χ0v) is 17.6. The Bertz CT molecular complexity index is 482. The number of nitrogens with zero attached hydrogens (tertiary/aromatic N) is 2. The van der Waals surface area contributed by atoms with Gasteiger partial charge in [0.1, 0.15) is 5.78 Å². The topological polar surface area (TPSA) is 81.8 Å². The monoisotopic (exact) mass is 382 g/mol. The summed E-state index contributed by atoms with van der Waals surface area (Å²) in [5.41, 5.74) is 0. The number of urea groups is 1. The minimum absolute atomic E-state index is 0.143. The average Bonchev–Trinajstić information content (AvgIpc) is 2.61. The molecule has 0 aromatic carbocycles. The quantitative estimate of drug-likeness (QED) is 0.533. The van der Waals surface area contributed by atoms with Gasteiger partial charge in [0, 0.05) is 32.5 Å². The van der Waals surface area contributed by atoms with E-state index in [0.717, 1.165) is 32.2 Å². The Morgan fingerprint density at radius 3 is 2.59 bits per heavy atom. The average molecular weight is 383 g/mol. The third-order valence-corrected chi connectivity index (χ3v) is 5.14. The Kier molecular flexibility index (Phi) is 11.2. The van der Waals surface area contributed by atoms with Crippen LogP contribution >= 0.6 is 0 Å². The fraction of sp³-hybridized carbons (Fsp3) is 0.850. The van der Waals surface area contributed by atoms with Crippen LogP contribution in [0.2, 0.25) is 0 Å². The van der Waals surface area contributed by atoms with Crippen LogP contribution in [0.15, 0.2) is 0 Å². The van der Waals surface area contributed by atoms with Gasteiger partial charge in [0.25, 0.3) is 0 Å². The van der Waals surface area contributed by atoms with Crippen LogP contribution in [-0.2, 0) is 9.59 Å². The van der Waals surface area contributed by atoms with Crippen molar-refractivity contribution in [3.63, 3.8) is 0 Å². The predicted octanol–water partition coefficient (Wildman–Crippen LogP) is 1.87. The largest absolute Gasteiger partial charge is 0.338 e. The summed E-state index contributed by atoms with van der Waals surface area (Å²) in [4.78, 5) is 40.6. The summed E-state index contributed by atoms with van der Waals surface area (Å²) in [5, 5.41) is 5.94. The van der Waals surface area contributed by atoms with Gasteiger partial charge in [-0.3, -0.25) is 14.5 Å². The van der Waals surface area contributed by atoms with Gasteiger partial charge in [0.05, 0.1) is 5.92 Å². The van der Waals surface area contributed by atoms with E-state index in [1.165, 1.54) is 4.90 Å². The number of rotatable bonds is 11. The number of hydrogen-bond acceptors (Lipinski definition) is 5. The molecule has 0 radical (unpaired) electrons. The highest BCUT2D eigenvalue weighted by Crippen LogP contribution is 2.28. The van der Waals surface area contributed by atoms with Crippen molar-refractivity contribution in [1.29, 1.82) is 0 Å². The lowest BCUT2D eigenvalue weighted by atomic mass is 9.81. The summed E-state index contributed by atoms with van der Waals surface area (Å²) in [6, 6.07) is -0.312. The van der Waals surface area contributed by atoms with E-state index in [1.807, 2.05) is 28.1 Å². The number of unbranched alkanes of at least 4 members (excludes halogenated alkanes) is 1. The van der Waals surface area contributed by atoms with Crippen molar-refractivity contribution in [2.45, 2.75) is 51.9 Å². The summed E-state index contributed by atoms with van der Waals surface area (Å²) in [5.74, 6) is 0.132. The number of ketones is 1. The third-order valence-electron chi connectivity index (χ3n) is 5.14. The Hall–Kier alpha value is -1.47. The van der Waals surface area contributed by atoms with Gasteiger partial charge in [-0.25, -0.2) is 4.79 Å². The van der Waals surface area contributed by atoms with Crippen LogP contribution in [0.3, 0.4) is 0 Å². The first-order valence-electron chi connectivity index (χ1n) is 10.3. The van der Waals surface area contributed by atoms with E-state index in [0.29, 0.717) is 44.7 Å². The van der Waals surface area contributed by atoms with Crippen molar-refractivity contribution in [3.8, 4) is 0 Å². The molecule has 1 aliphatic rings. The first kappa shape index (κ1) is 23.6. The molecule has 2 atom stereocenters. The normalized spacial score (nSPS) is 18.4. The van der Waals surface area contributed by atoms with Crippen LogP contribution in [0.25, 0.3) is 0 Å². The lowest BCUT2D eigenvalue weighted by molar-refractivity contribution is -0.133. The summed E-state index contributed by atoms with van der Waals surface area (Å²) < 4.78 is 0. The summed E-state index contributed by atoms with van der Waals surface area (Å²) in [6.07, 6.45) is 5.69. The second kappa shape index (κ2) is 12.8. The summed E-state index contributed by atoms with van der Waals surface area (Å²) in [7, 11) is 5.86. The first-order valence-corrected chi connectivity index (χ1v) is 10.3. The number of hydrogen-bond donors (Lipinski definition) is 2. The Morgan fingerprint density at radius 1 is 1.26 bits per heavy atom. The molecule has 2 N–H and O–H groups in total. The molecule has 0 aromatic rings. The molecule has 0 heterocycles. The van der Waals surface area contributed by atoms with Gasteiger partial charge in [-0.15, -0.1) is 0 Å². The molecule has 27 heavy (non-hydrogen) atoms. The maximum Gasteiger partial charge on any atom is 0.324 e. The lowest BCUT2D eigenvalue weighted by Crippen LogP contribution is -2.48. The summed E-state index contributed by atoms with van der Waals surface area (Å²) >= 11 is 0. The Balaban J connectivity index is 2.56. The molecule has 0 spiro atoms. The van der Waals surface area contributed by atoms with Crippen LogP contribution < -0.4 is 10.6 Å². The highest BCUT2D eigenvalue weighted by molar-refractivity contribution is 5.95. The van der Waals surface area contributed by atoms with Crippen molar-refractivity contribution in [1.82, 2.24) is 20.4 Å². The standard InChI is InChI=1S/C20H38N4O3/c1-5-24(20(27)22-11-6-7-12-23(3)4)19(26)17(15-21-2)13-16-9-8-10-18(25)14-16/h16-17,21H,5-15H2,1-4H3,(H,22,27). The lowest BCUT2D eigenvalue weighted by Gasteiger charge is -2.29. The number of carbonyl (C=O) groups is 3. The van der Waals surface area contributed by atoms with Crippen molar-refractivity contribution in [3.05, 3.63) is 0 Å².